The van der Waals surface area contributed by atoms with Crippen LogP contribution in [-0.4, -0.2) is 22.0 Å². The minimum absolute atomic E-state index is 0.162. The molecule has 1 heterocycles. The fraction of sp³-hybridized carbons (Fsp3) is 0.310. The van der Waals surface area contributed by atoms with E-state index >= 15 is 0 Å². The van der Waals surface area contributed by atoms with Crippen molar-refractivity contribution in [1.82, 2.24) is 14.9 Å². The van der Waals surface area contributed by atoms with Crippen molar-refractivity contribution in [3.05, 3.63) is 101 Å². The highest BCUT2D eigenvalue weighted by Crippen LogP contribution is 2.21. The van der Waals surface area contributed by atoms with Crippen molar-refractivity contribution in [3.63, 3.8) is 0 Å². The largest absolute Gasteiger partial charge is 0.352 e. The maximum Gasteiger partial charge on any atom is 0.251 e. The van der Waals surface area contributed by atoms with Gasteiger partial charge in [-0.25, -0.2) is 9.37 Å². The number of halogens is 1. The molecule has 0 aliphatic heterocycles. The Morgan fingerprint density at radius 1 is 0.941 bits per heavy atom. The minimum atomic E-state index is -0.338. The van der Waals surface area contributed by atoms with Gasteiger partial charge in [-0.1, -0.05) is 56.7 Å². The van der Waals surface area contributed by atoms with E-state index in [1.807, 2.05) is 6.07 Å². The van der Waals surface area contributed by atoms with Crippen LogP contribution < -0.4 is 5.32 Å². The summed E-state index contributed by atoms with van der Waals surface area (Å²) in [6, 6.07) is 22.8. The first kappa shape index (κ1) is 23.7. The van der Waals surface area contributed by atoms with Crippen molar-refractivity contribution in [2.24, 2.45) is 0 Å². The molecule has 0 aliphatic carbocycles. The zero-order chi connectivity index (χ0) is 23.9. The van der Waals surface area contributed by atoms with E-state index in [1.54, 1.807) is 0 Å². The molecule has 0 atom stereocenters. The van der Waals surface area contributed by atoms with Gasteiger partial charge in [0.05, 0.1) is 11.0 Å². The number of nitrogens with zero attached hydrogens (tertiary/aromatic N) is 2. The number of fused-ring (bicyclic) bond motifs is 1. The second-order valence-electron chi connectivity index (χ2n) is 9.07. The molecule has 176 valence electrons. The number of hydrogen-bond acceptors (Lipinski definition) is 2. The first-order valence-corrected chi connectivity index (χ1v) is 12.1. The Bertz CT molecular complexity index is 1230. The normalized spacial score (nSPS) is 11.3. The standard InChI is InChI=1S/C29H32FN3O/c1-21(2)23-13-11-22(12-14-23)20-33-27-9-6-5-8-26(27)32-28(33)10-4-3-7-19-31-29(34)24-15-17-25(30)18-16-24/h5-6,8-9,11-18,21H,3-4,7,10,19-20H2,1-2H3,(H,31,34). The van der Waals surface area contributed by atoms with Gasteiger partial charge in [-0.15, -0.1) is 0 Å². The fourth-order valence-electron chi connectivity index (χ4n) is 4.17. The quantitative estimate of drug-likeness (QED) is 0.277. The molecule has 4 nitrogen and oxygen atoms in total. The number of nitrogens with one attached hydrogen (secondary N) is 1. The summed E-state index contributed by atoms with van der Waals surface area (Å²) in [7, 11) is 0. The summed E-state index contributed by atoms with van der Waals surface area (Å²) in [4.78, 5) is 17.0. The van der Waals surface area contributed by atoms with E-state index < -0.39 is 0 Å². The van der Waals surface area contributed by atoms with Crippen LogP contribution in [0.2, 0.25) is 0 Å². The summed E-state index contributed by atoms with van der Waals surface area (Å²) in [5, 5.41) is 2.91. The maximum absolute atomic E-state index is 13.0. The Balaban J connectivity index is 1.33. The summed E-state index contributed by atoms with van der Waals surface area (Å²) in [6.07, 6.45) is 3.78. The van der Waals surface area contributed by atoms with Gasteiger partial charge in [0.1, 0.15) is 11.6 Å². The van der Waals surface area contributed by atoms with Gasteiger partial charge in [0.15, 0.2) is 0 Å². The van der Waals surface area contributed by atoms with E-state index in [9.17, 15) is 9.18 Å². The highest BCUT2D eigenvalue weighted by Gasteiger charge is 2.11. The van der Waals surface area contributed by atoms with Crippen LogP contribution in [0.15, 0.2) is 72.8 Å². The third-order valence-electron chi connectivity index (χ3n) is 6.19. The zero-order valence-electron chi connectivity index (χ0n) is 19.9. The van der Waals surface area contributed by atoms with Gasteiger partial charge in [0.2, 0.25) is 0 Å². The Labute approximate surface area is 200 Å². The number of hydrogen-bond donors (Lipinski definition) is 1. The summed E-state index contributed by atoms with van der Waals surface area (Å²) < 4.78 is 15.3. The number of benzene rings is 3. The predicted molar refractivity (Wildman–Crippen MR) is 136 cm³/mol. The highest BCUT2D eigenvalue weighted by atomic mass is 19.1. The van der Waals surface area contributed by atoms with Crippen LogP contribution in [0.25, 0.3) is 11.0 Å². The number of aromatic nitrogens is 2. The van der Waals surface area contributed by atoms with Gasteiger partial charge in [-0.05, 0) is 66.3 Å². The molecule has 0 saturated heterocycles. The van der Waals surface area contributed by atoms with Gasteiger partial charge >= 0.3 is 0 Å². The third kappa shape index (κ3) is 5.90. The second-order valence-corrected chi connectivity index (χ2v) is 9.07. The smallest absolute Gasteiger partial charge is 0.251 e. The SMILES string of the molecule is CC(C)c1ccc(Cn2c(CCCCCNC(=O)c3ccc(F)cc3)nc3ccccc32)cc1. The molecule has 0 spiro atoms. The molecule has 0 fully saturated rings. The van der Waals surface area contributed by atoms with Crippen LogP contribution >= 0.6 is 0 Å². The van der Waals surface area contributed by atoms with Crippen molar-refractivity contribution in [2.75, 3.05) is 6.54 Å². The molecule has 0 radical (unpaired) electrons. The van der Waals surface area contributed by atoms with Gasteiger partial charge in [0.25, 0.3) is 5.91 Å². The van der Waals surface area contributed by atoms with Gasteiger partial charge in [-0.2, -0.15) is 0 Å². The topological polar surface area (TPSA) is 46.9 Å². The van der Waals surface area contributed by atoms with Crippen molar-refractivity contribution in [1.29, 1.82) is 0 Å². The molecule has 0 bridgehead atoms. The molecule has 4 rings (SSSR count). The highest BCUT2D eigenvalue weighted by molar-refractivity contribution is 5.94. The minimum Gasteiger partial charge on any atom is -0.352 e. The van der Waals surface area contributed by atoms with E-state index in [4.69, 9.17) is 4.98 Å². The molecule has 1 amide bonds. The van der Waals surface area contributed by atoms with Gasteiger partial charge < -0.3 is 9.88 Å². The van der Waals surface area contributed by atoms with Crippen LogP contribution in [0.1, 0.15) is 66.3 Å². The summed E-state index contributed by atoms with van der Waals surface area (Å²) in [6.45, 7) is 5.84. The molecule has 0 saturated carbocycles. The molecular formula is C29H32FN3O. The average Bonchev–Trinajstić information content (AvgIpc) is 3.19. The lowest BCUT2D eigenvalue weighted by Gasteiger charge is -2.11. The molecular weight excluding hydrogens is 425 g/mol. The fourth-order valence-corrected chi connectivity index (χ4v) is 4.17. The Kier molecular flexibility index (Phi) is 7.73. The molecule has 0 unspecified atom stereocenters. The number of amides is 1. The zero-order valence-corrected chi connectivity index (χ0v) is 19.9. The van der Waals surface area contributed by atoms with E-state index in [-0.39, 0.29) is 11.7 Å². The third-order valence-corrected chi connectivity index (χ3v) is 6.19. The monoisotopic (exact) mass is 457 g/mol. The second kappa shape index (κ2) is 11.1. The van der Waals surface area contributed by atoms with Crippen molar-refractivity contribution < 1.29 is 9.18 Å². The summed E-state index contributed by atoms with van der Waals surface area (Å²) in [5.74, 6) is 1.13. The van der Waals surface area contributed by atoms with E-state index in [0.29, 0.717) is 18.0 Å². The van der Waals surface area contributed by atoms with Crippen LogP contribution in [0.3, 0.4) is 0 Å². The molecule has 0 aliphatic rings. The van der Waals surface area contributed by atoms with Crippen molar-refractivity contribution in [2.45, 2.75) is 52.0 Å². The number of unbranched alkanes of at least 4 members (excludes halogenated alkanes) is 2. The van der Waals surface area contributed by atoms with E-state index in [0.717, 1.165) is 49.1 Å². The number of para-hydroxylation sites is 2. The lowest BCUT2D eigenvalue weighted by molar-refractivity contribution is 0.0953. The van der Waals surface area contributed by atoms with Crippen molar-refractivity contribution >= 4 is 16.9 Å². The summed E-state index contributed by atoms with van der Waals surface area (Å²) in [5.41, 5.74) is 5.31. The lowest BCUT2D eigenvalue weighted by Crippen LogP contribution is -2.24. The molecule has 4 aromatic rings. The molecule has 1 N–H and O–H groups in total. The van der Waals surface area contributed by atoms with Crippen LogP contribution in [-0.2, 0) is 13.0 Å². The number of carbonyl (C=O) groups excluding carboxylic acids is 1. The van der Waals surface area contributed by atoms with Crippen LogP contribution in [0, 0.1) is 5.82 Å². The molecule has 5 heteroatoms. The predicted octanol–water partition coefficient (Wildman–Crippen LogP) is 6.49. The van der Waals surface area contributed by atoms with E-state index in [1.165, 1.54) is 35.4 Å². The van der Waals surface area contributed by atoms with Gasteiger partial charge in [-0.3, -0.25) is 4.79 Å². The Morgan fingerprint density at radius 3 is 2.41 bits per heavy atom. The number of carbonyl (C=O) groups is 1. The molecule has 1 aromatic heterocycles. The number of imidazole rings is 1. The average molecular weight is 458 g/mol. The lowest BCUT2D eigenvalue weighted by atomic mass is 10.0. The molecule has 3 aromatic carbocycles. The molecule has 34 heavy (non-hydrogen) atoms. The van der Waals surface area contributed by atoms with Gasteiger partial charge in [0, 0.05) is 25.1 Å². The number of aryl methyl sites for hydroxylation is 1. The van der Waals surface area contributed by atoms with E-state index in [2.05, 4.69) is 66.2 Å². The first-order valence-electron chi connectivity index (χ1n) is 12.1. The van der Waals surface area contributed by atoms with Crippen LogP contribution in [0.4, 0.5) is 4.39 Å². The summed E-state index contributed by atoms with van der Waals surface area (Å²) >= 11 is 0. The maximum atomic E-state index is 13.0. The Morgan fingerprint density at radius 2 is 1.68 bits per heavy atom. The van der Waals surface area contributed by atoms with Crippen molar-refractivity contribution in [3.8, 4) is 0 Å². The first-order chi connectivity index (χ1) is 16.5. The Hall–Kier alpha value is -3.47. The number of rotatable bonds is 10. The van der Waals surface area contributed by atoms with Crippen LogP contribution in [0.5, 0.6) is 0 Å².